The number of nitrogens with two attached hydrogens (primary N) is 1. The Kier molecular flexibility index (Phi) is 3.93. The van der Waals surface area contributed by atoms with Crippen molar-refractivity contribution in [2.75, 3.05) is 0 Å². The molecule has 2 rings (SSSR count). The van der Waals surface area contributed by atoms with Crippen LogP contribution in [0.2, 0.25) is 0 Å². The van der Waals surface area contributed by atoms with E-state index in [-0.39, 0.29) is 5.56 Å². The molecule has 4 nitrogen and oxygen atoms in total. The van der Waals surface area contributed by atoms with Crippen LogP contribution in [-0.2, 0) is 7.05 Å². The second kappa shape index (κ2) is 5.32. The second-order valence-corrected chi connectivity index (χ2v) is 4.72. The van der Waals surface area contributed by atoms with Crippen LogP contribution in [0.5, 0.6) is 0 Å². The number of hydrogen-bond donors (Lipinski definition) is 2. The van der Waals surface area contributed by atoms with Gasteiger partial charge in [0, 0.05) is 12.6 Å². The SMILES string of the molecule is Cn1ncc(Br)c1C(NN)c1ccc(F)c(F)c1F. The maximum absolute atomic E-state index is 13.8. The van der Waals surface area contributed by atoms with Gasteiger partial charge in [0.05, 0.1) is 22.4 Å². The number of rotatable bonds is 3. The molecule has 102 valence electrons. The summed E-state index contributed by atoms with van der Waals surface area (Å²) in [6, 6.07) is 1.12. The number of hydrogen-bond acceptors (Lipinski definition) is 3. The fraction of sp³-hybridized carbons (Fsp3) is 0.182. The Morgan fingerprint density at radius 1 is 1.32 bits per heavy atom. The lowest BCUT2D eigenvalue weighted by molar-refractivity contribution is 0.430. The Morgan fingerprint density at radius 3 is 2.53 bits per heavy atom. The molecule has 0 amide bonds. The van der Waals surface area contributed by atoms with Gasteiger partial charge in [-0.05, 0) is 22.0 Å². The predicted molar refractivity (Wildman–Crippen MR) is 66.4 cm³/mol. The van der Waals surface area contributed by atoms with E-state index in [4.69, 9.17) is 5.84 Å². The molecule has 0 bridgehead atoms. The van der Waals surface area contributed by atoms with Crippen LogP contribution in [0.1, 0.15) is 17.3 Å². The van der Waals surface area contributed by atoms with Crippen LogP contribution in [0, 0.1) is 17.5 Å². The Bertz CT molecular complexity index is 595. The van der Waals surface area contributed by atoms with Gasteiger partial charge >= 0.3 is 0 Å². The van der Waals surface area contributed by atoms with Gasteiger partial charge in [-0.15, -0.1) is 0 Å². The summed E-state index contributed by atoms with van der Waals surface area (Å²) in [5, 5.41) is 3.96. The van der Waals surface area contributed by atoms with Gasteiger partial charge < -0.3 is 0 Å². The van der Waals surface area contributed by atoms with E-state index in [1.807, 2.05) is 0 Å². The first kappa shape index (κ1) is 14.0. The lowest BCUT2D eigenvalue weighted by Crippen LogP contribution is -2.31. The highest BCUT2D eigenvalue weighted by atomic mass is 79.9. The predicted octanol–water partition coefficient (Wildman–Crippen LogP) is 2.15. The third-order valence-electron chi connectivity index (χ3n) is 2.75. The normalized spacial score (nSPS) is 12.7. The van der Waals surface area contributed by atoms with E-state index >= 15 is 0 Å². The molecule has 19 heavy (non-hydrogen) atoms. The molecule has 0 radical (unpaired) electrons. The van der Waals surface area contributed by atoms with Gasteiger partial charge in [0.25, 0.3) is 0 Å². The van der Waals surface area contributed by atoms with Gasteiger partial charge in [0.1, 0.15) is 0 Å². The Hall–Kier alpha value is -1.38. The molecule has 1 aromatic heterocycles. The van der Waals surface area contributed by atoms with Gasteiger partial charge in [-0.1, -0.05) is 6.07 Å². The molecular formula is C11H10BrF3N4. The van der Waals surface area contributed by atoms with Gasteiger partial charge in [-0.25, -0.2) is 18.6 Å². The molecule has 1 heterocycles. The molecule has 1 unspecified atom stereocenters. The number of halogens is 4. The third-order valence-corrected chi connectivity index (χ3v) is 3.36. The summed E-state index contributed by atoms with van der Waals surface area (Å²) < 4.78 is 42.0. The number of nitrogens with one attached hydrogen (secondary N) is 1. The quantitative estimate of drug-likeness (QED) is 0.513. The average Bonchev–Trinajstić information content (AvgIpc) is 2.71. The first-order valence-corrected chi connectivity index (χ1v) is 6.03. The highest BCUT2D eigenvalue weighted by Gasteiger charge is 2.25. The number of nitrogens with zero attached hydrogens (tertiary/aromatic N) is 2. The van der Waals surface area contributed by atoms with Crippen LogP contribution < -0.4 is 11.3 Å². The van der Waals surface area contributed by atoms with E-state index in [9.17, 15) is 13.2 Å². The van der Waals surface area contributed by atoms with Crippen LogP contribution in [-0.4, -0.2) is 9.78 Å². The van der Waals surface area contributed by atoms with E-state index in [1.165, 1.54) is 10.9 Å². The summed E-state index contributed by atoms with van der Waals surface area (Å²) in [4.78, 5) is 0. The first-order valence-electron chi connectivity index (χ1n) is 5.24. The van der Waals surface area contributed by atoms with Crippen molar-refractivity contribution in [1.29, 1.82) is 0 Å². The smallest absolute Gasteiger partial charge is 0.194 e. The van der Waals surface area contributed by atoms with Crippen molar-refractivity contribution in [1.82, 2.24) is 15.2 Å². The zero-order valence-electron chi connectivity index (χ0n) is 9.79. The summed E-state index contributed by atoms with van der Waals surface area (Å²) >= 11 is 3.24. The maximum atomic E-state index is 13.8. The van der Waals surface area contributed by atoms with E-state index in [2.05, 4.69) is 26.5 Å². The molecule has 0 aliphatic heterocycles. The highest BCUT2D eigenvalue weighted by Crippen LogP contribution is 2.30. The van der Waals surface area contributed by atoms with E-state index in [0.29, 0.717) is 10.2 Å². The lowest BCUT2D eigenvalue weighted by atomic mass is 10.0. The molecule has 0 saturated heterocycles. The highest BCUT2D eigenvalue weighted by molar-refractivity contribution is 9.10. The number of aryl methyl sites for hydroxylation is 1. The number of hydrazine groups is 1. The summed E-state index contributed by atoms with van der Waals surface area (Å²) in [5.41, 5.74) is 2.76. The maximum Gasteiger partial charge on any atom is 0.194 e. The minimum Gasteiger partial charge on any atom is -0.271 e. The van der Waals surface area contributed by atoms with Gasteiger partial charge in [-0.2, -0.15) is 5.10 Å². The van der Waals surface area contributed by atoms with E-state index in [0.717, 1.165) is 12.1 Å². The van der Waals surface area contributed by atoms with Crippen molar-refractivity contribution in [3.63, 3.8) is 0 Å². The summed E-state index contributed by atoms with van der Waals surface area (Å²) in [6.45, 7) is 0. The molecule has 2 aromatic rings. The molecule has 0 saturated carbocycles. The third kappa shape index (κ3) is 2.38. The average molecular weight is 335 g/mol. The van der Waals surface area contributed by atoms with Crippen molar-refractivity contribution in [2.24, 2.45) is 12.9 Å². The monoisotopic (exact) mass is 334 g/mol. The topological polar surface area (TPSA) is 55.9 Å². The number of benzene rings is 1. The van der Waals surface area contributed by atoms with Crippen LogP contribution in [0.15, 0.2) is 22.8 Å². The number of aromatic nitrogens is 2. The zero-order valence-corrected chi connectivity index (χ0v) is 11.4. The van der Waals surface area contributed by atoms with Gasteiger partial charge in [-0.3, -0.25) is 10.5 Å². The molecule has 1 atom stereocenters. The molecule has 0 aliphatic rings. The minimum absolute atomic E-state index is 0.106. The molecular weight excluding hydrogens is 325 g/mol. The van der Waals surface area contributed by atoms with Gasteiger partial charge in [0.15, 0.2) is 17.5 Å². The molecule has 8 heteroatoms. The fourth-order valence-electron chi connectivity index (χ4n) is 1.82. The summed E-state index contributed by atoms with van der Waals surface area (Å²) in [7, 11) is 1.63. The van der Waals surface area contributed by atoms with Crippen LogP contribution >= 0.6 is 15.9 Å². The standard InChI is InChI=1S/C11H10BrF3N4/c1-19-11(6(12)4-17-19)10(18-16)5-2-3-7(13)9(15)8(5)14/h2-4,10,18H,16H2,1H3. The molecule has 3 N–H and O–H groups in total. The Morgan fingerprint density at radius 2 is 2.00 bits per heavy atom. The van der Waals surface area contributed by atoms with Crippen molar-refractivity contribution >= 4 is 15.9 Å². The van der Waals surface area contributed by atoms with Crippen molar-refractivity contribution in [3.05, 3.63) is 51.5 Å². The Balaban J connectivity index is 2.58. The first-order chi connectivity index (χ1) is 8.97. The van der Waals surface area contributed by atoms with Crippen LogP contribution in [0.4, 0.5) is 13.2 Å². The van der Waals surface area contributed by atoms with Crippen molar-refractivity contribution in [3.8, 4) is 0 Å². The summed E-state index contributed by atoms with van der Waals surface area (Å²) in [5.74, 6) is 1.33. The molecule has 0 spiro atoms. The zero-order chi connectivity index (χ0) is 14.2. The summed E-state index contributed by atoms with van der Waals surface area (Å²) in [6.07, 6.45) is 1.50. The van der Waals surface area contributed by atoms with Crippen LogP contribution in [0.25, 0.3) is 0 Å². The molecule has 0 fully saturated rings. The molecule has 0 aliphatic carbocycles. The lowest BCUT2D eigenvalue weighted by Gasteiger charge is -2.18. The van der Waals surface area contributed by atoms with Gasteiger partial charge in [0.2, 0.25) is 0 Å². The molecule has 1 aromatic carbocycles. The van der Waals surface area contributed by atoms with E-state index < -0.39 is 23.5 Å². The van der Waals surface area contributed by atoms with Crippen molar-refractivity contribution in [2.45, 2.75) is 6.04 Å². The Labute approximate surface area is 115 Å². The largest absolute Gasteiger partial charge is 0.271 e. The minimum atomic E-state index is -1.53. The van der Waals surface area contributed by atoms with Crippen LogP contribution in [0.3, 0.4) is 0 Å². The fourth-order valence-corrected chi connectivity index (χ4v) is 2.40. The van der Waals surface area contributed by atoms with E-state index in [1.54, 1.807) is 7.05 Å². The van der Waals surface area contributed by atoms with Crippen molar-refractivity contribution < 1.29 is 13.2 Å². The second-order valence-electron chi connectivity index (χ2n) is 3.87.